The summed E-state index contributed by atoms with van der Waals surface area (Å²) in [6.07, 6.45) is 0.262. The van der Waals surface area contributed by atoms with Gasteiger partial charge in [0, 0.05) is 6.54 Å². The van der Waals surface area contributed by atoms with Crippen LogP contribution in [0, 0.1) is 12.8 Å². The minimum atomic E-state index is -0.343. The second kappa shape index (κ2) is 6.01. The van der Waals surface area contributed by atoms with Gasteiger partial charge in [-0.2, -0.15) is 0 Å². The lowest BCUT2D eigenvalue weighted by atomic mass is 10.0. The van der Waals surface area contributed by atoms with Crippen molar-refractivity contribution in [2.75, 3.05) is 6.54 Å². The van der Waals surface area contributed by atoms with Crippen molar-refractivity contribution in [3.63, 3.8) is 0 Å². The molecule has 4 heteroatoms. The van der Waals surface area contributed by atoms with Crippen molar-refractivity contribution in [3.05, 3.63) is 21.9 Å². The van der Waals surface area contributed by atoms with E-state index in [2.05, 4.69) is 5.32 Å². The van der Waals surface area contributed by atoms with Crippen LogP contribution in [0.2, 0.25) is 0 Å². The Labute approximate surface area is 100 Å². The van der Waals surface area contributed by atoms with Gasteiger partial charge in [0.05, 0.1) is 11.0 Å². The molecule has 1 amide bonds. The van der Waals surface area contributed by atoms with Gasteiger partial charge in [-0.25, -0.2) is 0 Å². The molecule has 1 aromatic rings. The van der Waals surface area contributed by atoms with Gasteiger partial charge in [-0.1, -0.05) is 13.8 Å². The fourth-order valence-corrected chi connectivity index (χ4v) is 2.19. The molecule has 0 saturated carbocycles. The zero-order valence-electron chi connectivity index (χ0n) is 9.99. The molecule has 0 aliphatic rings. The Morgan fingerprint density at radius 3 is 2.75 bits per heavy atom. The maximum Gasteiger partial charge on any atom is 0.261 e. The molecule has 1 heterocycles. The molecule has 16 heavy (non-hydrogen) atoms. The number of thiophene rings is 1. The first kappa shape index (κ1) is 13.2. The molecule has 0 saturated heterocycles. The number of aliphatic hydroxyl groups is 1. The third-order valence-electron chi connectivity index (χ3n) is 2.56. The summed E-state index contributed by atoms with van der Waals surface area (Å²) in [4.78, 5) is 12.5. The maximum absolute atomic E-state index is 11.7. The highest BCUT2D eigenvalue weighted by atomic mass is 32.1. The smallest absolute Gasteiger partial charge is 0.261 e. The number of rotatable bonds is 5. The van der Waals surface area contributed by atoms with Crippen LogP contribution in [0.15, 0.2) is 11.4 Å². The molecule has 0 aromatic carbocycles. The Morgan fingerprint density at radius 2 is 2.25 bits per heavy atom. The molecule has 0 bridgehead atoms. The number of hydrogen-bond donors (Lipinski definition) is 2. The molecule has 3 nitrogen and oxygen atoms in total. The SMILES string of the molecule is Cc1ccsc1C(=O)NCCC(O)C(C)C. The molecule has 1 unspecified atom stereocenters. The van der Waals surface area contributed by atoms with Crippen molar-refractivity contribution in [2.24, 2.45) is 5.92 Å². The van der Waals surface area contributed by atoms with E-state index in [4.69, 9.17) is 0 Å². The van der Waals surface area contributed by atoms with E-state index in [1.54, 1.807) is 0 Å². The number of carbonyl (C=O) groups is 1. The van der Waals surface area contributed by atoms with Crippen LogP contribution in [-0.2, 0) is 0 Å². The van der Waals surface area contributed by atoms with E-state index in [1.165, 1.54) is 11.3 Å². The molecule has 0 fully saturated rings. The summed E-state index contributed by atoms with van der Waals surface area (Å²) >= 11 is 1.45. The zero-order chi connectivity index (χ0) is 12.1. The largest absolute Gasteiger partial charge is 0.393 e. The van der Waals surface area contributed by atoms with Crippen LogP contribution >= 0.6 is 11.3 Å². The fourth-order valence-electron chi connectivity index (χ4n) is 1.35. The van der Waals surface area contributed by atoms with Crippen LogP contribution in [-0.4, -0.2) is 23.7 Å². The van der Waals surface area contributed by atoms with Crippen LogP contribution < -0.4 is 5.32 Å². The Balaban J connectivity index is 2.34. The Bertz CT molecular complexity index is 347. The van der Waals surface area contributed by atoms with Crippen LogP contribution in [0.1, 0.15) is 35.5 Å². The van der Waals surface area contributed by atoms with Crippen LogP contribution in [0.3, 0.4) is 0 Å². The Morgan fingerprint density at radius 1 is 1.56 bits per heavy atom. The normalized spacial score (nSPS) is 12.8. The summed E-state index contributed by atoms with van der Waals surface area (Å²) in [5.74, 6) is 0.198. The summed E-state index contributed by atoms with van der Waals surface area (Å²) in [5, 5.41) is 14.3. The van der Waals surface area contributed by atoms with Gasteiger partial charge in [-0.3, -0.25) is 4.79 Å². The summed E-state index contributed by atoms with van der Waals surface area (Å²) < 4.78 is 0. The molecular formula is C12H19NO2S. The summed E-state index contributed by atoms with van der Waals surface area (Å²) in [5.41, 5.74) is 1.01. The molecule has 0 radical (unpaired) electrons. The van der Waals surface area contributed by atoms with Gasteiger partial charge in [0.2, 0.25) is 0 Å². The van der Waals surface area contributed by atoms with Crippen molar-refractivity contribution in [3.8, 4) is 0 Å². The second-order valence-corrected chi connectivity index (χ2v) is 5.20. The monoisotopic (exact) mass is 241 g/mol. The third kappa shape index (κ3) is 3.61. The number of aliphatic hydroxyl groups excluding tert-OH is 1. The first-order valence-electron chi connectivity index (χ1n) is 5.52. The molecule has 90 valence electrons. The van der Waals surface area contributed by atoms with Crippen molar-refractivity contribution >= 4 is 17.2 Å². The van der Waals surface area contributed by atoms with Gasteiger partial charge in [0.15, 0.2) is 0 Å². The molecule has 0 aliphatic heterocycles. The number of aryl methyl sites for hydroxylation is 1. The number of carbonyl (C=O) groups excluding carboxylic acids is 1. The second-order valence-electron chi connectivity index (χ2n) is 4.29. The van der Waals surface area contributed by atoms with E-state index in [1.807, 2.05) is 32.2 Å². The van der Waals surface area contributed by atoms with E-state index in [9.17, 15) is 9.90 Å². The van der Waals surface area contributed by atoms with Crippen LogP contribution in [0.5, 0.6) is 0 Å². The summed E-state index contributed by atoms with van der Waals surface area (Å²) in [6.45, 7) is 6.38. The lowest BCUT2D eigenvalue weighted by Crippen LogP contribution is -2.28. The fraction of sp³-hybridized carbons (Fsp3) is 0.583. The highest BCUT2D eigenvalue weighted by Gasteiger charge is 2.12. The van der Waals surface area contributed by atoms with Crippen molar-refractivity contribution in [1.29, 1.82) is 0 Å². The van der Waals surface area contributed by atoms with Gasteiger partial charge in [0.25, 0.3) is 5.91 Å². The molecule has 0 aliphatic carbocycles. The van der Waals surface area contributed by atoms with Gasteiger partial charge in [-0.05, 0) is 36.3 Å². The van der Waals surface area contributed by atoms with Gasteiger partial charge in [0.1, 0.15) is 0 Å². The quantitative estimate of drug-likeness (QED) is 0.830. The van der Waals surface area contributed by atoms with E-state index in [-0.39, 0.29) is 17.9 Å². The minimum Gasteiger partial charge on any atom is -0.393 e. The maximum atomic E-state index is 11.7. The van der Waals surface area contributed by atoms with Crippen molar-refractivity contribution in [2.45, 2.75) is 33.3 Å². The zero-order valence-corrected chi connectivity index (χ0v) is 10.8. The van der Waals surface area contributed by atoms with Crippen LogP contribution in [0.25, 0.3) is 0 Å². The number of hydrogen-bond acceptors (Lipinski definition) is 3. The van der Waals surface area contributed by atoms with Crippen molar-refractivity contribution in [1.82, 2.24) is 5.32 Å². The van der Waals surface area contributed by atoms with E-state index < -0.39 is 0 Å². The predicted octanol–water partition coefficient (Wildman–Crippen LogP) is 2.19. The standard InChI is InChI=1S/C12H19NO2S/c1-8(2)10(14)4-6-13-12(15)11-9(3)5-7-16-11/h5,7-8,10,14H,4,6H2,1-3H3,(H,13,15). The first-order valence-corrected chi connectivity index (χ1v) is 6.40. The Kier molecular flexibility index (Phi) is 4.96. The Hall–Kier alpha value is -0.870. The topological polar surface area (TPSA) is 49.3 Å². The van der Waals surface area contributed by atoms with Crippen molar-refractivity contribution < 1.29 is 9.90 Å². The molecule has 1 rings (SSSR count). The van der Waals surface area contributed by atoms with E-state index >= 15 is 0 Å². The lowest BCUT2D eigenvalue weighted by Gasteiger charge is -2.14. The average molecular weight is 241 g/mol. The van der Waals surface area contributed by atoms with E-state index in [0.29, 0.717) is 13.0 Å². The van der Waals surface area contributed by atoms with E-state index in [0.717, 1.165) is 10.4 Å². The molecule has 1 aromatic heterocycles. The third-order valence-corrected chi connectivity index (χ3v) is 3.58. The average Bonchev–Trinajstić information content (AvgIpc) is 2.64. The van der Waals surface area contributed by atoms with Gasteiger partial charge in [-0.15, -0.1) is 11.3 Å². The highest BCUT2D eigenvalue weighted by molar-refractivity contribution is 7.12. The number of nitrogens with one attached hydrogen (secondary N) is 1. The van der Waals surface area contributed by atoms with Gasteiger partial charge >= 0.3 is 0 Å². The first-order chi connectivity index (χ1) is 7.52. The predicted molar refractivity (Wildman–Crippen MR) is 66.9 cm³/mol. The van der Waals surface area contributed by atoms with Gasteiger partial charge < -0.3 is 10.4 Å². The highest BCUT2D eigenvalue weighted by Crippen LogP contribution is 2.15. The molecule has 1 atom stereocenters. The summed E-state index contributed by atoms with van der Waals surface area (Å²) in [6, 6.07) is 1.93. The molecule has 0 spiro atoms. The number of amides is 1. The molecule has 2 N–H and O–H groups in total. The van der Waals surface area contributed by atoms with Crippen LogP contribution in [0.4, 0.5) is 0 Å². The lowest BCUT2D eigenvalue weighted by molar-refractivity contribution is 0.0923. The molecular weight excluding hydrogens is 222 g/mol. The minimum absolute atomic E-state index is 0.0385. The summed E-state index contributed by atoms with van der Waals surface area (Å²) in [7, 11) is 0.